The van der Waals surface area contributed by atoms with Crippen LogP contribution in [0.3, 0.4) is 0 Å². The third kappa shape index (κ3) is 2.57. The molecule has 5 heteroatoms. The largest absolute Gasteiger partial charge is 0.437 e. The lowest BCUT2D eigenvalue weighted by molar-refractivity contribution is 0.461. The van der Waals surface area contributed by atoms with Gasteiger partial charge in [-0.3, -0.25) is 4.98 Å². The predicted octanol–water partition coefficient (Wildman–Crippen LogP) is 2.50. The van der Waals surface area contributed by atoms with Gasteiger partial charge in [0.15, 0.2) is 0 Å². The molecule has 0 bridgehead atoms. The Balaban J connectivity index is 2.25. The van der Waals surface area contributed by atoms with Crippen LogP contribution in [0.15, 0.2) is 36.7 Å². The summed E-state index contributed by atoms with van der Waals surface area (Å²) in [7, 11) is 0. The van der Waals surface area contributed by atoms with Crippen molar-refractivity contribution < 1.29 is 4.74 Å². The quantitative estimate of drug-likeness (QED) is 0.792. The van der Waals surface area contributed by atoms with Crippen LogP contribution >= 0.6 is 11.6 Å². The molecule has 4 nitrogen and oxygen atoms in total. The SMILES string of the molecule is Nc1cc(Cl)nc(Oc2cccnc2)c1. The topological polar surface area (TPSA) is 61.0 Å². The lowest BCUT2D eigenvalue weighted by Crippen LogP contribution is -1.92. The van der Waals surface area contributed by atoms with E-state index in [1.807, 2.05) is 0 Å². The Morgan fingerprint density at radius 3 is 2.87 bits per heavy atom. The average molecular weight is 222 g/mol. The highest BCUT2D eigenvalue weighted by Crippen LogP contribution is 2.22. The molecule has 0 aromatic carbocycles. The van der Waals surface area contributed by atoms with Gasteiger partial charge in [-0.25, -0.2) is 4.98 Å². The number of halogens is 1. The van der Waals surface area contributed by atoms with Crippen molar-refractivity contribution in [2.75, 3.05) is 5.73 Å². The van der Waals surface area contributed by atoms with Gasteiger partial charge < -0.3 is 10.5 Å². The van der Waals surface area contributed by atoms with Crippen LogP contribution in [0.4, 0.5) is 5.69 Å². The Kier molecular flexibility index (Phi) is 2.69. The van der Waals surface area contributed by atoms with E-state index in [0.717, 1.165) is 0 Å². The van der Waals surface area contributed by atoms with Gasteiger partial charge in [0.05, 0.1) is 6.20 Å². The van der Waals surface area contributed by atoms with E-state index < -0.39 is 0 Å². The van der Waals surface area contributed by atoms with Gasteiger partial charge in [0.25, 0.3) is 0 Å². The van der Waals surface area contributed by atoms with Gasteiger partial charge in [-0.05, 0) is 18.2 Å². The normalized spacial score (nSPS) is 9.93. The standard InChI is InChI=1S/C10H8ClN3O/c11-9-4-7(12)5-10(14-9)15-8-2-1-3-13-6-8/h1-6H,(H2,12,14). The summed E-state index contributed by atoms with van der Waals surface area (Å²) >= 11 is 5.73. The molecule has 2 heterocycles. The Hall–Kier alpha value is -1.81. The summed E-state index contributed by atoms with van der Waals surface area (Å²) < 4.78 is 5.40. The zero-order valence-electron chi connectivity index (χ0n) is 7.72. The number of nitrogen functional groups attached to an aromatic ring is 1. The maximum Gasteiger partial charge on any atom is 0.222 e. The summed E-state index contributed by atoms with van der Waals surface area (Å²) in [6.45, 7) is 0. The number of pyridine rings is 2. The molecule has 0 unspecified atom stereocenters. The zero-order chi connectivity index (χ0) is 10.7. The number of ether oxygens (including phenoxy) is 1. The molecule has 0 fully saturated rings. The van der Waals surface area contributed by atoms with E-state index in [1.54, 1.807) is 36.7 Å². The summed E-state index contributed by atoms with van der Waals surface area (Å²) in [5.74, 6) is 0.944. The van der Waals surface area contributed by atoms with Crippen LogP contribution < -0.4 is 10.5 Å². The maximum atomic E-state index is 5.73. The number of aromatic nitrogens is 2. The highest BCUT2D eigenvalue weighted by atomic mass is 35.5. The maximum absolute atomic E-state index is 5.73. The van der Waals surface area contributed by atoms with Crippen LogP contribution in [-0.2, 0) is 0 Å². The highest BCUT2D eigenvalue weighted by molar-refractivity contribution is 6.29. The molecular weight excluding hydrogens is 214 g/mol. The predicted molar refractivity (Wildman–Crippen MR) is 58.0 cm³/mol. The van der Waals surface area contributed by atoms with Gasteiger partial charge in [0, 0.05) is 18.0 Å². The van der Waals surface area contributed by atoms with Gasteiger partial charge in [-0.1, -0.05) is 11.6 Å². The molecule has 2 N–H and O–H groups in total. The molecule has 0 atom stereocenters. The Bertz CT molecular complexity index is 441. The number of hydrogen-bond donors (Lipinski definition) is 1. The average Bonchev–Trinajstić information content (AvgIpc) is 2.17. The van der Waals surface area contributed by atoms with Crippen LogP contribution in [0.1, 0.15) is 0 Å². The summed E-state index contributed by atoms with van der Waals surface area (Å²) in [6, 6.07) is 6.69. The molecule has 76 valence electrons. The fraction of sp³-hybridized carbons (Fsp3) is 0. The van der Waals surface area contributed by atoms with Crippen LogP contribution in [0.25, 0.3) is 0 Å². The minimum atomic E-state index is 0.300. The highest BCUT2D eigenvalue weighted by Gasteiger charge is 2.01. The number of anilines is 1. The van der Waals surface area contributed by atoms with Gasteiger partial charge in [-0.15, -0.1) is 0 Å². The van der Waals surface area contributed by atoms with Crippen LogP contribution in [0, 0.1) is 0 Å². The Morgan fingerprint density at radius 1 is 1.33 bits per heavy atom. The van der Waals surface area contributed by atoms with Crippen molar-refractivity contribution in [3.8, 4) is 11.6 Å². The van der Waals surface area contributed by atoms with E-state index >= 15 is 0 Å². The van der Waals surface area contributed by atoms with Crippen molar-refractivity contribution in [1.29, 1.82) is 0 Å². The van der Waals surface area contributed by atoms with E-state index in [2.05, 4.69) is 9.97 Å². The van der Waals surface area contributed by atoms with Gasteiger partial charge in [0.1, 0.15) is 10.9 Å². The molecule has 0 radical (unpaired) electrons. The van der Waals surface area contributed by atoms with E-state index in [4.69, 9.17) is 22.1 Å². The van der Waals surface area contributed by atoms with E-state index in [0.29, 0.717) is 22.5 Å². The molecule has 0 amide bonds. The molecule has 0 spiro atoms. The van der Waals surface area contributed by atoms with E-state index in [1.165, 1.54) is 0 Å². The van der Waals surface area contributed by atoms with Crippen molar-refractivity contribution >= 4 is 17.3 Å². The fourth-order valence-corrected chi connectivity index (χ4v) is 1.28. The third-order valence-electron chi connectivity index (χ3n) is 1.65. The number of hydrogen-bond acceptors (Lipinski definition) is 4. The van der Waals surface area contributed by atoms with Gasteiger partial charge >= 0.3 is 0 Å². The van der Waals surface area contributed by atoms with Crippen LogP contribution in [0.2, 0.25) is 5.15 Å². The molecule has 2 aromatic heterocycles. The summed E-state index contributed by atoms with van der Waals surface area (Å²) in [5, 5.41) is 0.300. The first kappa shape index (κ1) is 9.73. The third-order valence-corrected chi connectivity index (χ3v) is 1.84. The zero-order valence-corrected chi connectivity index (χ0v) is 8.48. The molecule has 0 aliphatic heterocycles. The van der Waals surface area contributed by atoms with Crippen molar-refractivity contribution in [2.24, 2.45) is 0 Å². The minimum Gasteiger partial charge on any atom is -0.437 e. The van der Waals surface area contributed by atoms with Crippen LogP contribution in [0.5, 0.6) is 11.6 Å². The smallest absolute Gasteiger partial charge is 0.222 e. The van der Waals surface area contributed by atoms with Crippen molar-refractivity contribution in [2.45, 2.75) is 0 Å². The van der Waals surface area contributed by atoms with Crippen LogP contribution in [-0.4, -0.2) is 9.97 Å². The fourth-order valence-electron chi connectivity index (χ4n) is 1.07. The number of nitrogens with two attached hydrogens (primary N) is 1. The summed E-state index contributed by atoms with van der Waals surface area (Å²) in [6.07, 6.45) is 3.24. The first-order chi connectivity index (χ1) is 7.24. The Labute approximate surface area is 91.7 Å². The molecule has 2 rings (SSSR count). The molecular formula is C10H8ClN3O. The lowest BCUT2D eigenvalue weighted by Gasteiger charge is -2.04. The first-order valence-corrected chi connectivity index (χ1v) is 4.63. The first-order valence-electron chi connectivity index (χ1n) is 4.25. The minimum absolute atomic E-state index is 0.300. The number of nitrogens with zero attached hydrogens (tertiary/aromatic N) is 2. The van der Waals surface area contributed by atoms with Crippen molar-refractivity contribution in [3.05, 3.63) is 41.8 Å². The lowest BCUT2D eigenvalue weighted by atomic mass is 10.4. The number of rotatable bonds is 2. The monoisotopic (exact) mass is 221 g/mol. The molecule has 0 saturated heterocycles. The second-order valence-electron chi connectivity index (χ2n) is 2.85. The van der Waals surface area contributed by atoms with Gasteiger partial charge in [0.2, 0.25) is 5.88 Å². The second kappa shape index (κ2) is 4.14. The molecule has 15 heavy (non-hydrogen) atoms. The van der Waals surface area contributed by atoms with Crippen molar-refractivity contribution in [3.63, 3.8) is 0 Å². The molecule has 0 aliphatic carbocycles. The Morgan fingerprint density at radius 2 is 2.20 bits per heavy atom. The molecule has 2 aromatic rings. The molecule has 0 aliphatic rings. The second-order valence-corrected chi connectivity index (χ2v) is 3.24. The van der Waals surface area contributed by atoms with Crippen molar-refractivity contribution in [1.82, 2.24) is 9.97 Å². The summed E-state index contributed by atoms with van der Waals surface area (Å²) in [5.41, 5.74) is 6.10. The molecule has 0 saturated carbocycles. The summed E-state index contributed by atoms with van der Waals surface area (Å²) in [4.78, 5) is 7.87. The van der Waals surface area contributed by atoms with Gasteiger partial charge in [-0.2, -0.15) is 0 Å². The van der Waals surface area contributed by atoms with E-state index in [-0.39, 0.29) is 0 Å². The van der Waals surface area contributed by atoms with E-state index in [9.17, 15) is 0 Å².